The molecule has 0 radical (unpaired) electrons. The molecule has 0 aliphatic carbocycles. The van der Waals surface area contributed by atoms with Crippen molar-refractivity contribution in [2.24, 2.45) is 0 Å². The molecule has 0 heterocycles. The molecule has 0 atom stereocenters. The van der Waals surface area contributed by atoms with Crippen molar-refractivity contribution < 1.29 is 19.1 Å². The molecule has 1 rings (SSSR count). The van der Waals surface area contributed by atoms with Crippen LogP contribution < -0.4 is 5.32 Å². The summed E-state index contributed by atoms with van der Waals surface area (Å²) in [6.45, 7) is 8.57. The van der Waals surface area contributed by atoms with E-state index in [4.69, 9.17) is 4.74 Å². The van der Waals surface area contributed by atoms with Crippen LogP contribution >= 0.6 is 11.8 Å². The number of benzene rings is 1. The van der Waals surface area contributed by atoms with Crippen LogP contribution in [0.2, 0.25) is 0 Å². The van der Waals surface area contributed by atoms with E-state index in [2.05, 4.69) is 5.32 Å². The fraction of sp³-hybridized carbons (Fsp3) is 0.500. The van der Waals surface area contributed by atoms with Gasteiger partial charge in [-0.05, 0) is 39.3 Å². The molecule has 6 nitrogen and oxygen atoms in total. The van der Waals surface area contributed by atoms with Gasteiger partial charge in [0.25, 0.3) is 5.91 Å². The van der Waals surface area contributed by atoms with E-state index < -0.39 is 5.97 Å². The summed E-state index contributed by atoms with van der Waals surface area (Å²) in [5.41, 5.74) is 2.89. The maximum Gasteiger partial charge on any atom is 0.316 e. The minimum absolute atomic E-state index is 0.0336. The highest BCUT2D eigenvalue weighted by molar-refractivity contribution is 8.00. The number of rotatable bonds is 9. The van der Waals surface area contributed by atoms with Crippen LogP contribution in [0.4, 0.5) is 5.69 Å². The molecule has 0 bridgehead atoms. The Morgan fingerprint density at radius 1 is 1.12 bits per heavy atom. The third kappa shape index (κ3) is 7.60. The number of anilines is 1. The van der Waals surface area contributed by atoms with Crippen molar-refractivity contribution in [2.75, 3.05) is 36.5 Å². The first-order chi connectivity index (χ1) is 11.9. The number of hydrogen-bond donors (Lipinski definition) is 1. The molecular weight excluding hydrogens is 340 g/mol. The van der Waals surface area contributed by atoms with E-state index in [1.165, 1.54) is 0 Å². The van der Waals surface area contributed by atoms with Gasteiger partial charge in [0.05, 0.1) is 11.5 Å². The highest BCUT2D eigenvalue weighted by Crippen LogP contribution is 2.16. The van der Waals surface area contributed by atoms with Crippen LogP contribution in [0, 0.1) is 13.8 Å². The number of esters is 1. The summed E-state index contributed by atoms with van der Waals surface area (Å²) in [6, 6.07) is 5.79. The summed E-state index contributed by atoms with van der Waals surface area (Å²) in [5, 5.41) is 2.82. The number of aryl methyl sites for hydroxylation is 2. The number of amides is 2. The van der Waals surface area contributed by atoms with Gasteiger partial charge in [0.1, 0.15) is 0 Å². The third-order valence-corrected chi connectivity index (χ3v) is 4.49. The molecule has 0 aliphatic heterocycles. The van der Waals surface area contributed by atoms with Crippen molar-refractivity contribution in [3.8, 4) is 0 Å². The zero-order valence-electron chi connectivity index (χ0n) is 15.3. The molecule has 25 heavy (non-hydrogen) atoms. The van der Waals surface area contributed by atoms with Crippen molar-refractivity contribution in [1.29, 1.82) is 0 Å². The second-order valence-electron chi connectivity index (χ2n) is 5.59. The Kier molecular flexibility index (Phi) is 9.05. The first kappa shape index (κ1) is 21.0. The SMILES string of the molecule is CCN(CC)C(=O)COC(=O)CSCC(=O)Nc1ccc(C)cc1C. The molecule has 1 N–H and O–H groups in total. The van der Waals surface area contributed by atoms with E-state index in [0.717, 1.165) is 28.6 Å². The molecule has 2 amide bonds. The van der Waals surface area contributed by atoms with Gasteiger partial charge in [-0.3, -0.25) is 14.4 Å². The van der Waals surface area contributed by atoms with Crippen molar-refractivity contribution in [2.45, 2.75) is 27.7 Å². The van der Waals surface area contributed by atoms with E-state index in [-0.39, 0.29) is 29.9 Å². The van der Waals surface area contributed by atoms with Gasteiger partial charge in [0, 0.05) is 18.8 Å². The van der Waals surface area contributed by atoms with E-state index >= 15 is 0 Å². The number of carbonyl (C=O) groups excluding carboxylic acids is 3. The van der Waals surface area contributed by atoms with Gasteiger partial charge in [-0.1, -0.05) is 17.7 Å². The summed E-state index contributed by atoms with van der Waals surface area (Å²) in [6.07, 6.45) is 0. The topological polar surface area (TPSA) is 75.7 Å². The monoisotopic (exact) mass is 366 g/mol. The molecule has 0 aliphatic rings. The number of ether oxygens (including phenoxy) is 1. The van der Waals surface area contributed by atoms with Gasteiger partial charge in [-0.2, -0.15) is 0 Å². The lowest BCUT2D eigenvalue weighted by Gasteiger charge is -2.18. The molecule has 1 aromatic rings. The van der Waals surface area contributed by atoms with Crippen LogP contribution in [-0.4, -0.2) is 53.9 Å². The summed E-state index contributed by atoms with van der Waals surface area (Å²) < 4.78 is 4.94. The fourth-order valence-corrected chi connectivity index (χ4v) is 2.83. The molecule has 7 heteroatoms. The van der Waals surface area contributed by atoms with E-state index in [9.17, 15) is 14.4 Å². The van der Waals surface area contributed by atoms with Crippen LogP contribution in [0.5, 0.6) is 0 Å². The second-order valence-corrected chi connectivity index (χ2v) is 6.57. The number of carbonyl (C=O) groups is 3. The molecule has 138 valence electrons. The lowest BCUT2D eigenvalue weighted by Crippen LogP contribution is -2.34. The van der Waals surface area contributed by atoms with Gasteiger partial charge < -0.3 is 15.0 Å². The Morgan fingerprint density at radius 2 is 1.80 bits per heavy atom. The second kappa shape index (κ2) is 10.8. The minimum atomic E-state index is -0.496. The van der Waals surface area contributed by atoms with Crippen LogP contribution in [0.15, 0.2) is 18.2 Å². The van der Waals surface area contributed by atoms with Gasteiger partial charge in [-0.15, -0.1) is 11.8 Å². The fourth-order valence-electron chi connectivity index (χ4n) is 2.22. The standard InChI is InChI=1S/C18H26N2O4S/c1-5-20(6-2)17(22)10-24-18(23)12-25-11-16(21)19-15-8-7-13(3)9-14(15)4/h7-9H,5-6,10-12H2,1-4H3,(H,19,21). The number of nitrogens with one attached hydrogen (secondary N) is 1. The molecular formula is C18H26N2O4S. The minimum Gasteiger partial charge on any atom is -0.455 e. The van der Waals surface area contributed by atoms with Crippen molar-refractivity contribution in [3.63, 3.8) is 0 Å². The van der Waals surface area contributed by atoms with Crippen molar-refractivity contribution in [1.82, 2.24) is 4.90 Å². The third-order valence-electron chi connectivity index (χ3n) is 3.58. The van der Waals surface area contributed by atoms with Gasteiger partial charge in [-0.25, -0.2) is 0 Å². The Bertz CT molecular complexity index is 615. The predicted octanol–water partition coefficient (Wildman–Crippen LogP) is 2.39. The van der Waals surface area contributed by atoms with Crippen LogP contribution in [0.1, 0.15) is 25.0 Å². The van der Waals surface area contributed by atoms with Gasteiger partial charge in [0.15, 0.2) is 6.61 Å². The van der Waals surface area contributed by atoms with Gasteiger partial charge in [0.2, 0.25) is 5.91 Å². The average Bonchev–Trinajstić information content (AvgIpc) is 2.56. The molecule has 0 saturated carbocycles. The average molecular weight is 366 g/mol. The number of likely N-dealkylation sites (N-methyl/N-ethyl adjacent to an activating group) is 1. The smallest absolute Gasteiger partial charge is 0.316 e. The number of nitrogens with zero attached hydrogens (tertiary/aromatic N) is 1. The van der Waals surface area contributed by atoms with E-state index in [1.807, 2.05) is 45.9 Å². The predicted molar refractivity (Wildman–Crippen MR) is 101 cm³/mol. The summed E-state index contributed by atoms with van der Waals surface area (Å²) in [5.74, 6) is -0.706. The lowest BCUT2D eigenvalue weighted by molar-refractivity contribution is -0.149. The maximum absolute atomic E-state index is 11.9. The zero-order valence-corrected chi connectivity index (χ0v) is 16.1. The number of thioether (sulfide) groups is 1. The molecule has 0 unspecified atom stereocenters. The molecule has 0 spiro atoms. The molecule has 0 aromatic heterocycles. The van der Waals surface area contributed by atoms with Gasteiger partial charge >= 0.3 is 5.97 Å². The Balaban J connectivity index is 2.28. The highest BCUT2D eigenvalue weighted by atomic mass is 32.2. The highest BCUT2D eigenvalue weighted by Gasteiger charge is 2.13. The summed E-state index contributed by atoms with van der Waals surface area (Å²) >= 11 is 1.16. The first-order valence-electron chi connectivity index (χ1n) is 8.25. The summed E-state index contributed by atoms with van der Waals surface area (Å²) in [4.78, 5) is 36.9. The largest absolute Gasteiger partial charge is 0.455 e. The van der Waals surface area contributed by atoms with Crippen molar-refractivity contribution >= 4 is 35.2 Å². The van der Waals surface area contributed by atoms with Crippen LogP contribution in [0.25, 0.3) is 0 Å². The Labute approximate surface area is 153 Å². The normalized spacial score (nSPS) is 10.2. The maximum atomic E-state index is 11.9. The molecule has 0 saturated heterocycles. The van der Waals surface area contributed by atoms with Crippen LogP contribution in [-0.2, 0) is 19.1 Å². The quantitative estimate of drug-likeness (QED) is 0.679. The lowest BCUT2D eigenvalue weighted by atomic mass is 10.1. The Morgan fingerprint density at radius 3 is 2.40 bits per heavy atom. The van der Waals surface area contributed by atoms with E-state index in [0.29, 0.717) is 13.1 Å². The van der Waals surface area contributed by atoms with Crippen molar-refractivity contribution in [3.05, 3.63) is 29.3 Å². The van der Waals surface area contributed by atoms with Crippen LogP contribution in [0.3, 0.4) is 0 Å². The Hall–Kier alpha value is -2.02. The first-order valence-corrected chi connectivity index (χ1v) is 9.41. The molecule has 0 fully saturated rings. The molecule has 1 aromatic carbocycles. The summed E-state index contributed by atoms with van der Waals surface area (Å²) in [7, 11) is 0. The zero-order chi connectivity index (χ0) is 18.8. The number of hydrogen-bond acceptors (Lipinski definition) is 5. The van der Waals surface area contributed by atoms with E-state index in [1.54, 1.807) is 4.90 Å².